The van der Waals surface area contributed by atoms with Crippen LogP contribution in [0.1, 0.15) is 21.7 Å². The molecule has 0 aliphatic rings. The van der Waals surface area contributed by atoms with Gasteiger partial charge in [-0.1, -0.05) is 0 Å². The molecule has 0 spiro atoms. The van der Waals surface area contributed by atoms with Crippen LogP contribution < -0.4 is 5.32 Å². The van der Waals surface area contributed by atoms with Crippen LogP contribution in [0.4, 0.5) is 0 Å². The molecule has 1 N–H and O–H groups in total. The van der Waals surface area contributed by atoms with E-state index in [1.807, 2.05) is 30.5 Å². The van der Waals surface area contributed by atoms with Crippen LogP contribution in [0.5, 0.6) is 0 Å². The molecule has 0 fully saturated rings. The number of pyridine rings is 1. The summed E-state index contributed by atoms with van der Waals surface area (Å²) in [5.41, 5.74) is 3.08. The molecular weight excluding hydrogens is 310 g/mol. The molecule has 5 nitrogen and oxygen atoms in total. The summed E-state index contributed by atoms with van der Waals surface area (Å²) in [4.78, 5) is 16.6. The highest BCUT2D eigenvalue weighted by Gasteiger charge is 2.17. The van der Waals surface area contributed by atoms with E-state index >= 15 is 0 Å². The van der Waals surface area contributed by atoms with Crippen molar-refractivity contribution in [1.29, 1.82) is 0 Å². The molecule has 0 aliphatic carbocycles. The van der Waals surface area contributed by atoms with Crippen LogP contribution in [-0.4, -0.2) is 35.6 Å². The lowest BCUT2D eigenvalue weighted by atomic mass is 10.3. The van der Waals surface area contributed by atoms with Crippen LogP contribution in [0.3, 0.4) is 0 Å². The Morgan fingerprint density at radius 2 is 2.26 bits per heavy atom. The first-order chi connectivity index (χ1) is 9.04. The number of aryl methyl sites for hydroxylation is 2. The number of amides is 1. The van der Waals surface area contributed by atoms with Crippen molar-refractivity contribution in [2.75, 3.05) is 20.3 Å². The maximum absolute atomic E-state index is 12.2. The molecule has 0 atom stereocenters. The van der Waals surface area contributed by atoms with Gasteiger partial charge in [0.15, 0.2) is 5.65 Å². The number of nitrogens with one attached hydrogen (secondary N) is 1. The molecule has 19 heavy (non-hydrogen) atoms. The molecule has 2 rings (SSSR count). The predicted molar refractivity (Wildman–Crippen MR) is 76.6 cm³/mol. The number of carbonyl (C=O) groups is 1. The number of methoxy groups -OCH3 is 1. The fourth-order valence-electron chi connectivity index (χ4n) is 1.97. The lowest BCUT2D eigenvalue weighted by Crippen LogP contribution is -2.28. The van der Waals surface area contributed by atoms with Gasteiger partial charge in [-0.25, -0.2) is 4.98 Å². The highest BCUT2D eigenvalue weighted by atomic mass is 79.9. The third-order valence-corrected chi connectivity index (χ3v) is 3.38. The summed E-state index contributed by atoms with van der Waals surface area (Å²) in [6.07, 6.45) is 1.91. The Labute approximate surface area is 120 Å². The van der Waals surface area contributed by atoms with Crippen LogP contribution in [0.2, 0.25) is 0 Å². The Bertz CT molecular complexity index is 622. The van der Waals surface area contributed by atoms with Crippen molar-refractivity contribution in [2.24, 2.45) is 0 Å². The monoisotopic (exact) mass is 325 g/mol. The molecule has 2 heterocycles. The number of imidazole rings is 1. The van der Waals surface area contributed by atoms with E-state index in [1.54, 1.807) is 7.11 Å². The van der Waals surface area contributed by atoms with Crippen LogP contribution in [0, 0.1) is 13.8 Å². The van der Waals surface area contributed by atoms with E-state index in [0.29, 0.717) is 24.5 Å². The van der Waals surface area contributed by atoms with Gasteiger partial charge in [0.2, 0.25) is 0 Å². The highest BCUT2D eigenvalue weighted by molar-refractivity contribution is 9.10. The number of hydrogen-bond acceptors (Lipinski definition) is 3. The van der Waals surface area contributed by atoms with Gasteiger partial charge in [0.25, 0.3) is 5.91 Å². The molecule has 0 radical (unpaired) electrons. The number of ether oxygens (including phenoxy) is 1. The summed E-state index contributed by atoms with van der Waals surface area (Å²) in [5.74, 6) is -0.139. The van der Waals surface area contributed by atoms with Crippen LogP contribution in [0.15, 0.2) is 16.7 Å². The third kappa shape index (κ3) is 2.79. The molecule has 0 bridgehead atoms. The van der Waals surface area contributed by atoms with E-state index in [0.717, 1.165) is 15.7 Å². The molecule has 0 saturated heterocycles. The molecule has 0 aliphatic heterocycles. The molecule has 0 aromatic carbocycles. The Morgan fingerprint density at radius 3 is 2.95 bits per heavy atom. The molecule has 102 valence electrons. The van der Waals surface area contributed by atoms with E-state index in [-0.39, 0.29) is 5.91 Å². The van der Waals surface area contributed by atoms with Crippen molar-refractivity contribution in [3.05, 3.63) is 33.7 Å². The lowest BCUT2D eigenvalue weighted by Gasteiger charge is -2.06. The van der Waals surface area contributed by atoms with E-state index in [4.69, 9.17) is 4.74 Å². The fraction of sp³-hybridized carbons (Fsp3) is 0.385. The van der Waals surface area contributed by atoms with Gasteiger partial charge in [0.05, 0.1) is 16.8 Å². The number of fused-ring (bicyclic) bond motifs is 1. The van der Waals surface area contributed by atoms with Crippen molar-refractivity contribution < 1.29 is 9.53 Å². The van der Waals surface area contributed by atoms with Crippen LogP contribution in [-0.2, 0) is 4.74 Å². The Balaban J connectivity index is 2.42. The first-order valence-electron chi connectivity index (χ1n) is 5.96. The second-order valence-corrected chi connectivity index (χ2v) is 5.21. The predicted octanol–water partition coefficient (Wildman–Crippen LogP) is 2.09. The van der Waals surface area contributed by atoms with Crippen molar-refractivity contribution in [3.63, 3.8) is 0 Å². The Kier molecular flexibility index (Phi) is 4.21. The Hall–Kier alpha value is -1.40. The van der Waals surface area contributed by atoms with Crippen molar-refractivity contribution in [3.8, 4) is 0 Å². The van der Waals surface area contributed by atoms with Crippen molar-refractivity contribution in [1.82, 2.24) is 14.7 Å². The van der Waals surface area contributed by atoms with Crippen LogP contribution >= 0.6 is 15.9 Å². The lowest BCUT2D eigenvalue weighted by molar-refractivity contribution is 0.0930. The first kappa shape index (κ1) is 14.0. The maximum Gasteiger partial charge on any atom is 0.270 e. The maximum atomic E-state index is 12.2. The second-order valence-electron chi connectivity index (χ2n) is 4.35. The first-order valence-corrected chi connectivity index (χ1v) is 6.76. The summed E-state index contributed by atoms with van der Waals surface area (Å²) in [7, 11) is 1.60. The smallest absolute Gasteiger partial charge is 0.270 e. The molecule has 2 aromatic rings. The molecule has 2 aromatic heterocycles. The number of rotatable bonds is 4. The molecular formula is C13H16BrN3O2. The summed E-state index contributed by atoms with van der Waals surface area (Å²) < 4.78 is 7.62. The molecule has 0 saturated carbocycles. The van der Waals surface area contributed by atoms with Gasteiger partial charge in [-0.3, -0.25) is 9.20 Å². The largest absolute Gasteiger partial charge is 0.383 e. The number of carbonyl (C=O) groups excluding carboxylic acids is 1. The minimum absolute atomic E-state index is 0.139. The summed E-state index contributed by atoms with van der Waals surface area (Å²) >= 11 is 3.47. The highest BCUT2D eigenvalue weighted by Crippen LogP contribution is 2.22. The average Bonchev–Trinajstić information content (AvgIpc) is 2.66. The zero-order valence-electron chi connectivity index (χ0n) is 11.2. The van der Waals surface area contributed by atoms with Gasteiger partial charge in [-0.15, -0.1) is 0 Å². The summed E-state index contributed by atoms with van der Waals surface area (Å²) in [6, 6.07) is 1.98. The number of nitrogens with zero attached hydrogens (tertiary/aromatic N) is 2. The molecule has 1 amide bonds. The van der Waals surface area contributed by atoms with Gasteiger partial charge in [0.1, 0.15) is 5.69 Å². The number of hydrogen-bond donors (Lipinski definition) is 1. The zero-order chi connectivity index (χ0) is 14.0. The van der Waals surface area contributed by atoms with E-state index < -0.39 is 0 Å². The van der Waals surface area contributed by atoms with Gasteiger partial charge in [0, 0.05) is 19.9 Å². The van der Waals surface area contributed by atoms with E-state index in [2.05, 4.69) is 26.2 Å². The van der Waals surface area contributed by atoms with Crippen molar-refractivity contribution in [2.45, 2.75) is 13.8 Å². The van der Waals surface area contributed by atoms with Crippen LogP contribution in [0.25, 0.3) is 5.65 Å². The normalized spacial score (nSPS) is 10.9. The van der Waals surface area contributed by atoms with Gasteiger partial charge >= 0.3 is 0 Å². The molecule has 0 unspecified atom stereocenters. The Morgan fingerprint density at radius 1 is 1.53 bits per heavy atom. The fourth-order valence-corrected chi connectivity index (χ4v) is 2.61. The summed E-state index contributed by atoms with van der Waals surface area (Å²) in [6.45, 7) is 4.78. The van der Waals surface area contributed by atoms with Gasteiger partial charge in [-0.05, 0) is 41.4 Å². The topological polar surface area (TPSA) is 55.6 Å². The quantitative estimate of drug-likeness (QED) is 0.876. The summed E-state index contributed by atoms with van der Waals surface area (Å²) in [5, 5.41) is 2.82. The van der Waals surface area contributed by atoms with Crippen molar-refractivity contribution >= 4 is 27.5 Å². The number of halogens is 1. The number of aromatic nitrogens is 2. The SMILES string of the molecule is COCCNC(=O)c1c(C)nc2c(Br)cc(C)cn12. The average molecular weight is 326 g/mol. The zero-order valence-corrected chi connectivity index (χ0v) is 12.7. The minimum Gasteiger partial charge on any atom is -0.383 e. The minimum atomic E-state index is -0.139. The third-order valence-electron chi connectivity index (χ3n) is 2.79. The molecule has 6 heteroatoms. The van der Waals surface area contributed by atoms with E-state index in [1.165, 1.54) is 0 Å². The van der Waals surface area contributed by atoms with Gasteiger partial charge < -0.3 is 10.1 Å². The standard InChI is InChI=1S/C13H16BrN3O2/c1-8-6-10(14)12-16-9(2)11(17(12)7-8)13(18)15-4-5-19-3/h6-7H,4-5H2,1-3H3,(H,15,18). The van der Waals surface area contributed by atoms with E-state index in [9.17, 15) is 4.79 Å². The second kappa shape index (κ2) is 5.71. The van der Waals surface area contributed by atoms with Gasteiger partial charge in [-0.2, -0.15) is 0 Å².